The van der Waals surface area contributed by atoms with Gasteiger partial charge in [0, 0.05) is 31.1 Å². The first kappa shape index (κ1) is 16.3. The molecule has 1 amide bonds. The number of rotatable bonds is 5. The molecule has 24 heavy (non-hydrogen) atoms. The van der Waals surface area contributed by atoms with Crippen molar-refractivity contribution in [1.29, 1.82) is 0 Å². The Labute approximate surface area is 145 Å². The molecule has 0 N–H and O–H groups in total. The van der Waals surface area contributed by atoms with Crippen LogP contribution in [0.1, 0.15) is 12.3 Å². The number of benzene rings is 2. The Balaban J connectivity index is 1.64. The fraction of sp³-hybridized carbons (Fsp3) is 0.158. The minimum atomic E-state index is 0.0127. The predicted octanol–water partition coefficient (Wildman–Crippen LogP) is 4.59. The van der Waals surface area contributed by atoms with Crippen LogP contribution in [0.25, 0.3) is 11.3 Å². The smallest absolute Gasteiger partial charge is 0.227 e. The number of hydrogen-bond donors (Lipinski definition) is 0. The highest BCUT2D eigenvalue weighted by atomic mass is 35.5. The summed E-state index contributed by atoms with van der Waals surface area (Å²) < 4.78 is 5.72. The Bertz CT molecular complexity index is 830. The van der Waals surface area contributed by atoms with Crippen LogP contribution >= 0.6 is 11.6 Å². The monoisotopic (exact) mass is 340 g/mol. The average molecular weight is 341 g/mol. The topological polar surface area (TPSA) is 46.3 Å². The molecule has 1 aromatic heterocycles. The normalized spacial score (nSPS) is 10.6. The van der Waals surface area contributed by atoms with Gasteiger partial charge in [0.25, 0.3) is 0 Å². The third kappa shape index (κ3) is 3.66. The van der Waals surface area contributed by atoms with E-state index < -0.39 is 0 Å². The van der Waals surface area contributed by atoms with Crippen LogP contribution < -0.4 is 4.90 Å². The van der Waals surface area contributed by atoms with Gasteiger partial charge in [0.2, 0.25) is 5.91 Å². The second-order valence-corrected chi connectivity index (χ2v) is 5.79. The number of carbonyl (C=O) groups excluding carboxylic acids is 1. The van der Waals surface area contributed by atoms with E-state index in [4.69, 9.17) is 16.0 Å². The molecule has 0 bridgehead atoms. The summed E-state index contributed by atoms with van der Waals surface area (Å²) in [5.74, 6) is 1.15. The van der Waals surface area contributed by atoms with Crippen molar-refractivity contribution in [2.45, 2.75) is 12.8 Å². The first-order valence-electron chi connectivity index (χ1n) is 7.66. The number of amides is 1. The minimum Gasteiger partial charge on any atom is -0.441 e. The lowest BCUT2D eigenvalue weighted by Gasteiger charge is -2.16. The van der Waals surface area contributed by atoms with Crippen LogP contribution in [-0.4, -0.2) is 17.9 Å². The quantitative estimate of drug-likeness (QED) is 0.682. The van der Waals surface area contributed by atoms with E-state index in [0.29, 0.717) is 29.5 Å². The molecule has 0 saturated heterocycles. The summed E-state index contributed by atoms with van der Waals surface area (Å²) in [4.78, 5) is 18.2. The molecule has 122 valence electrons. The minimum absolute atomic E-state index is 0.0127. The lowest BCUT2D eigenvalue weighted by Crippen LogP contribution is -2.26. The van der Waals surface area contributed by atoms with Gasteiger partial charge in [0.15, 0.2) is 11.7 Å². The molecule has 0 spiro atoms. The van der Waals surface area contributed by atoms with Gasteiger partial charge in [-0.05, 0) is 24.3 Å². The van der Waals surface area contributed by atoms with E-state index in [1.54, 1.807) is 24.2 Å². The molecule has 4 nitrogen and oxygen atoms in total. The van der Waals surface area contributed by atoms with Crippen molar-refractivity contribution >= 4 is 23.2 Å². The summed E-state index contributed by atoms with van der Waals surface area (Å²) in [6.45, 7) is 0. The van der Waals surface area contributed by atoms with E-state index in [1.165, 1.54) is 0 Å². The van der Waals surface area contributed by atoms with E-state index >= 15 is 0 Å². The first-order chi connectivity index (χ1) is 11.6. The number of halogens is 1. The maximum atomic E-state index is 12.3. The van der Waals surface area contributed by atoms with E-state index in [-0.39, 0.29) is 5.91 Å². The van der Waals surface area contributed by atoms with E-state index in [9.17, 15) is 4.79 Å². The van der Waals surface area contributed by atoms with Gasteiger partial charge in [-0.15, -0.1) is 0 Å². The summed E-state index contributed by atoms with van der Waals surface area (Å²) in [6.07, 6.45) is 2.41. The van der Waals surface area contributed by atoms with E-state index in [0.717, 1.165) is 11.3 Å². The van der Waals surface area contributed by atoms with Gasteiger partial charge < -0.3 is 9.32 Å². The van der Waals surface area contributed by atoms with Crippen molar-refractivity contribution in [1.82, 2.24) is 4.98 Å². The van der Waals surface area contributed by atoms with Crippen molar-refractivity contribution < 1.29 is 9.21 Å². The second-order valence-electron chi connectivity index (χ2n) is 5.39. The van der Waals surface area contributed by atoms with Crippen molar-refractivity contribution in [3.63, 3.8) is 0 Å². The molecule has 3 rings (SSSR count). The zero-order chi connectivity index (χ0) is 16.9. The molecule has 0 fully saturated rings. The third-order valence-electron chi connectivity index (χ3n) is 3.76. The van der Waals surface area contributed by atoms with Gasteiger partial charge in [-0.2, -0.15) is 0 Å². The van der Waals surface area contributed by atoms with Crippen LogP contribution in [-0.2, 0) is 11.2 Å². The summed E-state index contributed by atoms with van der Waals surface area (Å²) >= 11 is 6.16. The van der Waals surface area contributed by atoms with Crippen molar-refractivity contribution in [3.8, 4) is 11.3 Å². The van der Waals surface area contributed by atoms with Crippen LogP contribution in [0, 0.1) is 0 Å². The van der Waals surface area contributed by atoms with Crippen LogP contribution in [0.5, 0.6) is 0 Å². The molecule has 0 aliphatic heterocycles. The lowest BCUT2D eigenvalue weighted by molar-refractivity contribution is -0.118. The number of anilines is 1. The largest absolute Gasteiger partial charge is 0.441 e. The number of oxazole rings is 1. The molecule has 2 aromatic carbocycles. The molecule has 0 radical (unpaired) electrons. The molecule has 0 aliphatic rings. The number of aromatic nitrogens is 1. The molecule has 0 saturated carbocycles. The fourth-order valence-electron chi connectivity index (χ4n) is 2.39. The highest BCUT2D eigenvalue weighted by Gasteiger charge is 2.14. The summed E-state index contributed by atoms with van der Waals surface area (Å²) in [7, 11) is 1.77. The number of hydrogen-bond acceptors (Lipinski definition) is 3. The van der Waals surface area contributed by atoms with Gasteiger partial charge >= 0.3 is 0 Å². The number of nitrogens with zero attached hydrogens (tertiary/aromatic N) is 2. The standard InChI is InChI=1S/C19H17ClN2O2/c1-22(14-7-3-2-4-8-14)19(23)12-11-18-21-13-17(24-18)15-9-5-6-10-16(15)20/h2-10,13H,11-12H2,1H3. The Morgan fingerprint density at radius 1 is 1.12 bits per heavy atom. The Morgan fingerprint density at radius 2 is 1.83 bits per heavy atom. The van der Waals surface area contributed by atoms with Crippen LogP contribution in [0.4, 0.5) is 5.69 Å². The van der Waals surface area contributed by atoms with E-state index in [1.807, 2.05) is 48.5 Å². The molecule has 3 aromatic rings. The highest BCUT2D eigenvalue weighted by molar-refractivity contribution is 6.33. The third-order valence-corrected chi connectivity index (χ3v) is 4.09. The van der Waals surface area contributed by atoms with Gasteiger partial charge in [0.1, 0.15) is 0 Å². The number of aryl methyl sites for hydroxylation is 1. The maximum Gasteiger partial charge on any atom is 0.227 e. The predicted molar refractivity (Wildman–Crippen MR) is 95.1 cm³/mol. The Kier molecular flexibility index (Phi) is 4.96. The van der Waals surface area contributed by atoms with Crippen molar-refractivity contribution in [2.75, 3.05) is 11.9 Å². The summed E-state index contributed by atoms with van der Waals surface area (Å²) in [6, 6.07) is 17.0. The van der Waals surface area contributed by atoms with Crippen molar-refractivity contribution in [3.05, 3.63) is 71.7 Å². The molecule has 0 aliphatic carbocycles. The molecular weight excluding hydrogens is 324 g/mol. The highest BCUT2D eigenvalue weighted by Crippen LogP contribution is 2.28. The zero-order valence-electron chi connectivity index (χ0n) is 13.3. The fourth-order valence-corrected chi connectivity index (χ4v) is 2.62. The molecular formula is C19H17ClN2O2. The molecule has 0 unspecified atom stereocenters. The number of carbonyl (C=O) groups is 1. The van der Waals surface area contributed by atoms with Crippen molar-refractivity contribution in [2.24, 2.45) is 0 Å². The second kappa shape index (κ2) is 7.32. The molecule has 5 heteroatoms. The van der Waals surface area contributed by atoms with Gasteiger partial charge in [-0.1, -0.05) is 41.9 Å². The van der Waals surface area contributed by atoms with Gasteiger partial charge in [-0.3, -0.25) is 4.79 Å². The summed E-state index contributed by atoms with van der Waals surface area (Å²) in [5, 5.41) is 0.611. The Morgan fingerprint density at radius 3 is 2.58 bits per heavy atom. The van der Waals surface area contributed by atoms with E-state index in [2.05, 4.69) is 4.98 Å². The SMILES string of the molecule is CN(C(=O)CCc1ncc(-c2ccccc2Cl)o1)c1ccccc1. The van der Waals surface area contributed by atoms with Gasteiger partial charge in [-0.25, -0.2) is 4.98 Å². The van der Waals surface area contributed by atoms with Crippen LogP contribution in [0.15, 0.2) is 65.2 Å². The first-order valence-corrected chi connectivity index (χ1v) is 8.04. The van der Waals surface area contributed by atoms with Crippen LogP contribution in [0.2, 0.25) is 5.02 Å². The maximum absolute atomic E-state index is 12.3. The molecule has 0 atom stereocenters. The number of para-hydroxylation sites is 1. The molecule has 1 heterocycles. The zero-order valence-corrected chi connectivity index (χ0v) is 14.0. The summed E-state index contributed by atoms with van der Waals surface area (Å²) in [5.41, 5.74) is 1.66. The Hall–Kier alpha value is -2.59. The lowest BCUT2D eigenvalue weighted by atomic mass is 10.2. The van der Waals surface area contributed by atoms with Crippen LogP contribution in [0.3, 0.4) is 0 Å². The van der Waals surface area contributed by atoms with Gasteiger partial charge in [0.05, 0.1) is 11.2 Å². The average Bonchev–Trinajstić information content (AvgIpc) is 3.09.